The van der Waals surface area contributed by atoms with Crippen LogP contribution in [0.15, 0.2) is 48.5 Å². The number of fused-ring (bicyclic) bond motifs is 1. The molecule has 0 saturated carbocycles. The quantitative estimate of drug-likeness (QED) is 0.674. The number of hydrogen-bond acceptors (Lipinski definition) is 5. The third-order valence-electron chi connectivity index (χ3n) is 5.96. The Morgan fingerprint density at radius 3 is 2.53 bits per heavy atom. The molecular weight excluding hydrogens is 402 g/mol. The minimum atomic E-state index is -3.17. The summed E-state index contributed by atoms with van der Waals surface area (Å²) in [5, 5.41) is 17.6. The van der Waals surface area contributed by atoms with Gasteiger partial charge in [0.05, 0.1) is 17.5 Å². The second-order valence-corrected chi connectivity index (χ2v) is 10.2. The van der Waals surface area contributed by atoms with Crippen LogP contribution in [0.5, 0.6) is 5.75 Å². The van der Waals surface area contributed by atoms with E-state index >= 15 is 0 Å². The van der Waals surface area contributed by atoms with Gasteiger partial charge in [-0.2, -0.15) is 5.10 Å². The van der Waals surface area contributed by atoms with Crippen molar-refractivity contribution in [2.75, 3.05) is 11.5 Å². The average molecular weight is 423 g/mol. The van der Waals surface area contributed by atoms with Crippen molar-refractivity contribution in [3.63, 3.8) is 0 Å². The first kappa shape index (κ1) is 18.9. The Morgan fingerprint density at radius 1 is 1.13 bits per heavy atom. The van der Waals surface area contributed by atoms with E-state index in [1.165, 1.54) is 0 Å². The number of phenols is 1. The summed E-state index contributed by atoms with van der Waals surface area (Å²) in [6.45, 7) is 1.99. The summed E-state index contributed by atoms with van der Waals surface area (Å²) in [4.78, 5) is 15.1. The zero-order valence-corrected chi connectivity index (χ0v) is 17.2. The number of carbonyl (C=O) groups is 1. The SMILES string of the molecule is Cc1ccc([C@@H]2c3c(-c4ccccc4O)n[nH]c3C(=O)N2[C@@H]2CCS(=O)(=O)C2)cc1. The third kappa shape index (κ3) is 2.90. The average Bonchev–Trinajstić information content (AvgIpc) is 3.37. The molecule has 3 aromatic rings. The number of aromatic nitrogens is 2. The summed E-state index contributed by atoms with van der Waals surface area (Å²) < 4.78 is 24.3. The number of phenolic OH excluding ortho intramolecular Hbond substituents is 1. The van der Waals surface area contributed by atoms with Gasteiger partial charge in [-0.1, -0.05) is 42.0 Å². The van der Waals surface area contributed by atoms with Crippen LogP contribution in [-0.2, 0) is 9.84 Å². The number of H-pyrrole nitrogens is 1. The number of aromatic amines is 1. The number of amides is 1. The van der Waals surface area contributed by atoms with E-state index in [0.29, 0.717) is 28.9 Å². The molecule has 1 amide bonds. The van der Waals surface area contributed by atoms with Gasteiger partial charge in [-0.05, 0) is 31.0 Å². The molecule has 0 bridgehead atoms. The molecule has 2 aromatic carbocycles. The van der Waals surface area contributed by atoms with Crippen LogP contribution in [0.2, 0.25) is 0 Å². The van der Waals surface area contributed by atoms with Crippen LogP contribution in [0.3, 0.4) is 0 Å². The monoisotopic (exact) mass is 423 g/mol. The lowest BCUT2D eigenvalue weighted by Crippen LogP contribution is -2.40. The maximum Gasteiger partial charge on any atom is 0.273 e. The van der Waals surface area contributed by atoms with Crippen LogP contribution < -0.4 is 0 Å². The van der Waals surface area contributed by atoms with E-state index in [4.69, 9.17) is 0 Å². The predicted molar refractivity (Wildman–Crippen MR) is 112 cm³/mol. The number of aryl methyl sites for hydroxylation is 1. The molecule has 1 fully saturated rings. The van der Waals surface area contributed by atoms with Gasteiger partial charge >= 0.3 is 0 Å². The molecule has 0 aliphatic carbocycles. The number of para-hydroxylation sites is 1. The van der Waals surface area contributed by atoms with E-state index in [1.54, 1.807) is 29.2 Å². The first-order valence-corrected chi connectivity index (χ1v) is 11.6. The second kappa shape index (κ2) is 6.70. The Kier molecular flexibility index (Phi) is 4.21. The largest absolute Gasteiger partial charge is 0.507 e. The summed E-state index contributed by atoms with van der Waals surface area (Å²) in [7, 11) is -3.17. The maximum absolute atomic E-state index is 13.4. The zero-order valence-electron chi connectivity index (χ0n) is 16.4. The predicted octanol–water partition coefficient (Wildman–Crippen LogP) is 2.82. The Labute approximate surface area is 174 Å². The van der Waals surface area contributed by atoms with Crippen LogP contribution in [-0.4, -0.2) is 52.1 Å². The van der Waals surface area contributed by atoms with Crippen LogP contribution in [0.1, 0.15) is 39.6 Å². The molecule has 2 N–H and O–H groups in total. The van der Waals surface area contributed by atoms with E-state index in [1.807, 2.05) is 31.2 Å². The summed E-state index contributed by atoms with van der Waals surface area (Å²) in [6, 6.07) is 13.9. The van der Waals surface area contributed by atoms with E-state index in [-0.39, 0.29) is 23.2 Å². The summed E-state index contributed by atoms with van der Waals surface area (Å²) in [5.74, 6) is -0.138. The highest BCUT2D eigenvalue weighted by Gasteiger charge is 2.48. The third-order valence-corrected chi connectivity index (χ3v) is 7.71. The van der Waals surface area contributed by atoms with Gasteiger partial charge in [0.2, 0.25) is 0 Å². The molecule has 1 aromatic heterocycles. The number of aromatic hydroxyl groups is 1. The Balaban J connectivity index is 1.69. The number of hydrogen-bond donors (Lipinski definition) is 2. The number of nitrogens with zero attached hydrogens (tertiary/aromatic N) is 2. The highest BCUT2D eigenvalue weighted by atomic mass is 32.2. The first-order valence-electron chi connectivity index (χ1n) is 9.82. The minimum Gasteiger partial charge on any atom is -0.507 e. The molecule has 7 nitrogen and oxygen atoms in total. The van der Waals surface area contributed by atoms with Gasteiger partial charge in [0.1, 0.15) is 17.1 Å². The van der Waals surface area contributed by atoms with Crippen molar-refractivity contribution in [1.82, 2.24) is 15.1 Å². The molecule has 1 saturated heterocycles. The first-order chi connectivity index (χ1) is 14.4. The molecule has 0 radical (unpaired) electrons. The number of rotatable bonds is 3. The molecule has 0 unspecified atom stereocenters. The molecule has 154 valence electrons. The summed E-state index contributed by atoms with van der Waals surface area (Å²) in [6.07, 6.45) is 0.417. The molecule has 2 atom stereocenters. The fourth-order valence-electron chi connectivity index (χ4n) is 4.49. The standard InChI is InChI=1S/C22H21N3O4S/c1-13-6-8-14(9-7-13)21-18-19(16-4-2-3-5-17(16)26)23-24-20(18)22(27)25(21)15-10-11-30(28,29)12-15/h2-9,15,21,26H,10-12H2,1H3,(H,23,24)/t15-,21-/m1/s1. The van der Waals surface area contributed by atoms with E-state index < -0.39 is 21.9 Å². The Hall–Kier alpha value is -3.13. The van der Waals surface area contributed by atoms with Crippen LogP contribution in [0, 0.1) is 6.92 Å². The van der Waals surface area contributed by atoms with Crippen molar-refractivity contribution in [2.24, 2.45) is 0 Å². The van der Waals surface area contributed by atoms with Gasteiger partial charge in [-0.15, -0.1) is 0 Å². The number of benzene rings is 2. The fourth-order valence-corrected chi connectivity index (χ4v) is 6.20. The van der Waals surface area contributed by atoms with Gasteiger partial charge in [-0.25, -0.2) is 8.42 Å². The smallest absolute Gasteiger partial charge is 0.273 e. The molecule has 8 heteroatoms. The second-order valence-electron chi connectivity index (χ2n) is 7.96. The zero-order chi connectivity index (χ0) is 21.0. The normalized spacial score (nSPS) is 22.4. The number of sulfone groups is 1. The number of nitrogens with one attached hydrogen (secondary N) is 1. The van der Waals surface area contributed by atoms with Crippen LogP contribution in [0.25, 0.3) is 11.3 Å². The van der Waals surface area contributed by atoms with Gasteiger partial charge in [0, 0.05) is 17.2 Å². The van der Waals surface area contributed by atoms with Crippen LogP contribution >= 0.6 is 0 Å². The van der Waals surface area contributed by atoms with Crippen molar-refractivity contribution < 1.29 is 18.3 Å². The minimum absolute atomic E-state index is 0.0370. The molecule has 5 rings (SSSR count). The summed E-state index contributed by atoms with van der Waals surface area (Å²) in [5.41, 5.74) is 4.03. The molecule has 2 aliphatic heterocycles. The van der Waals surface area contributed by atoms with E-state index in [9.17, 15) is 18.3 Å². The lowest BCUT2D eigenvalue weighted by molar-refractivity contribution is 0.0678. The van der Waals surface area contributed by atoms with Crippen molar-refractivity contribution in [3.8, 4) is 17.0 Å². The lowest BCUT2D eigenvalue weighted by Gasteiger charge is -2.31. The van der Waals surface area contributed by atoms with Crippen LogP contribution in [0.4, 0.5) is 0 Å². The molecule has 2 aliphatic rings. The molecule has 30 heavy (non-hydrogen) atoms. The topological polar surface area (TPSA) is 103 Å². The van der Waals surface area contributed by atoms with Gasteiger partial charge in [-0.3, -0.25) is 9.89 Å². The van der Waals surface area contributed by atoms with Crippen molar-refractivity contribution in [2.45, 2.75) is 25.4 Å². The van der Waals surface area contributed by atoms with Gasteiger partial charge in [0.25, 0.3) is 5.91 Å². The van der Waals surface area contributed by atoms with E-state index in [0.717, 1.165) is 11.1 Å². The van der Waals surface area contributed by atoms with Crippen molar-refractivity contribution in [1.29, 1.82) is 0 Å². The fraction of sp³-hybridized carbons (Fsp3) is 0.273. The maximum atomic E-state index is 13.4. The number of carbonyl (C=O) groups excluding carboxylic acids is 1. The lowest BCUT2D eigenvalue weighted by atomic mass is 9.94. The highest BCUT2D eigenvalue weighted by Crippen LogP contribution is 2.46. The Bertz CT molecular complexity index is 1250. The molecular formula is C22H21N3O4S. The Morgan fingerprint density at radius 2 is 1.87 bits per heavy atom. The molecule has 3 heterocycles. The van der Waals surface area contributed by atoms with Gasteiger partial charge < -0.3 is 10.0 Å². The summed E-state index contributed by atoms with van der Waals surface area (Å²) >= 11 is 0. The van der Waals surface area contributed by atoms with Crippen molar-refractivity contribution >= 4 is 15.7 Å². The molecule has 0 spiro atoms. The highest BCUT2D eigenvalue weighted by molar-refractivity contribution is 7.91. The van der Waals surface area contributed by atoms with E-state index in [2.05, 4.69) is 10.2 Å². The van der Waals surface area contributed by atoms with Crippen molar-refractivity contribution in [3.05, 3.63) is 70.9 Å². The van der Waals surface area contributed by atoms with Gasteiger partial charge in [0.15, 0.2) is 9.84 Å².